The van der Waals surface area contributed by atoms with E-state index < -0.39 is 9.84 Å². The summed E-state index contributed by atoms with van der Waals surface area (Å²) in [4.78, 5) is 13.4. The molecule has 0 aliphatic heterocycles. The molecule has 2 N–H and O–H groups in total. The number of fused-ring (bicyclic) bond motifs is 2. The maximum Gasteiger partial charge on any atom is 0.212 e. The molecule has 0 fully saturated rings. The second-order valence-corrected chi connectivity index (χ2v) is 9.11. The average molecular weight is 443 g/mol. The van der Waals surface area contributed by atoms with E-state index in [2.05, 4.69) is 20.1 Å². The van der Waals surface area contributed by atoms with Gasteiger partial charge in [0.15, 0.2) is 5.65 Å². The van der Waals surface area contributed by atoms with Gasteiger partial charge in [-0.1, -0.05) is 35.9 Å². The van der Waals surface area contributed by atoms with Crippen LogP contribution >= 0.6 is 0 Å². The van der Waals surface area contributed by atoms with Gasteiger partial charge >= 0.3 is 0 Å². The fraction of sp³-hybridized carbons (Fsp3) is 0.0435. The number of nitrogen functional groups attached to an aromatic ring is 1. The van der Waals surface area contributed by atoms with Gasteiger partial charge < -0.3 is 5.73 Å². The Morgan fingerprint density at radius 2 is 1.62 bits per heavy atom. The van der Waals surface area contributed by atoms with E-state index in [0.29, 0.717) is 16.7 Å². The van der Waals surface area contributed by atoms with Crippen molar-refractivity contribution in [3.63, 3.8) is 0 Å². The van der Waals surface area contributed by atoms with Crippen LogP contribution in [0.5, 0.6) is 0 Å². The summed E-state index contributed by atoms with van der Waals surface area (Å²) in [7, 11) is -3.98. The fourth-order valence-corrected chi connectivity index (χ4v) is 4.89. The molecule has 3 heterocycles. The molecule has 0 bridgehead atoms. The Balaban J connectivity index is 1.81. The summed E-state index contributed by atoms with van der Waals surface area (Å²) >= 11 is 0. The van der Waals surface area contributed by atoms with Crippen LogP contribution in [0, 0.1) is 6.92 Å². The lowest BCUT2D eigenvalue weighted by Gasteiger charge is -2.05. The van der Waals surface area contributed by atoms with E-state index in [1.165, 1.54) is 10.9 Å². The van der Waals surface area contributed by atoms with E-state index >= 15 is 0 Å². The van der Waals surface area contributed by atoms with Gasteiger partial charge in [-0.15, -0.1) is 0 Å². The highest BCUT2D eigenvalue weighted by Crippen LogP contribution is 2.35. The topological polar surface area (TPSA) is 116 Å². The Morgan fingerprint density at radius 3 is 2.31 bits per heavy atom. The molecule has 0 radical (unpaired) electrons. The number of pyridine rings is 1. The summed E-state index contributed by atoms with van der Waals surface area (Å²) < 4.78 is 28.5. The van der Waals surface area contributed by atoms with Gasteiger partial charge in [0.05, 0.1) is 27.8 Å². The lowest BCUT2D eigenvalue weighted by atomic mass is 10.2. The Labute approximate surface area is 184 Å². The van der Waals surface area contributed by atoms with Crippen molar-refractivity contribution in [1.82, 2.24) is 19.6 Å². The number of nitrogens with two attached hydrogens (primary N) is 1. The van der Waals surface area contributed by atoms with Crippen molar-refractivity contribution in [3.05, 3.63) is 84.2 Å². The standard InChI is InChI=1S/C23H18N6O2S/c1-15-9-11-17(12-10-15)32(30,31)21-20-23(28-19-8-3-2-7-18(19)27-20)29(22(21)24)26-14-16-6-4-5-13-25-16/h2-14H,24H2,1H3. The van der Waals surface area contributed by atoms with Gasteiger partial charge in [-0.05, 0) is 43.3 Å². The highest BCUT2D eigenvalue weighted by Gasteiger charge is 2.30. The quantitative estimate of drug-likeness (QED) is 0.425. The molecule has 2 aromatic carbocycles. The SMILES string of the molecule is Cc1ccc(S(=O)(=O)c2c(N)n(N=Cc3ccccn3)c3nc4ccccc4nc23)cc1. The van der Waals surface area contributed by atoms with Crippen LogP contribution in [-0.2, 0) is 9.84 Å². The normalized spacial score (nSPS) is 12.2. The predicted molar refractivity (Wildman–Crippen MR) is 123 cm³/mol. The molecule has 0 amide bonds. The number of benzene rings is 2. The second-order valence-electron chi connectivity index (χ2n) is 7.23. The number of hydrogen-bond donors (Lipinski definition) is 1. The molecule has 0 aliphatic carbocycles. The van der Waals surface area contributed by atoms with Crippen LogP contribution in [0.25, 0.3) is 22.2 Å². The van der Waals surface area contributed by atoms with Gasteiger partial charge in [0, 0.05) is 6.20 Å². The molecule has 0 saturated heterocycles. The summed E-state index contributed by atoms with van der Waals surface area (Å²) in [5, 5.41) is 4.39. The van der Waals surface area contributed by atoms with Gasteiger partial charge in [-0.2, -0.15) is 9.78 Å². The first-order chi connectivity index (χ1) is 15.4. The van der Waals surface area contributed by atoms with Crippen LogP contribution in [0.1, 0.15) is 11.3 Å². The zero-order valence-corrected chi connectivity index (χ0v) is 17.9. The van der Waals surface area contributed by atoms with Crippen molar-refractivity contribution in [3.8, 4) is 0 Å². The van der Waals surface area contributed by atoms with Crippen LogP contribution in [0.4, 0.5) is 5.82 Å². The number of rotatable bonds is 4. The van der Waals surface area contributed by atoms with Crippen LogP contribution in [0.15, 0.2) is 87.8 Å². The zero-order chi connectivity index (χ0) is 22.3. The summed E-state index contributed by atoms with van der Waals surface area (Å²) in [5.74, 6) is -0.0666. The number of nitrogens with zero attached hydrogens (tertiary/aromatic N) is 5. The molecule has 5 aromatic rings. The molecular weight excluding hydrogens is 424 g/mol. The Morgan fingerprint density at radius 1 is 0.938 bits per heavy atom. The molecule has 0 saturated carbocycles. The van der Waals surface area contributed by atoms with E-state index in [0.717, 1.165) is 5.56 Å². The highest BCUT2D eigenvalue weighted by atomic mass is 32.2. The maximum atomic E-state index is 13.6. The summed E-state index contributed by atoms with van der Waals surface area (Å²) in [5.41, 5.74) is 9.48. The molecule has 9 heteroatoms. The number of sulfone groups is 1. The van der Waals surface area contributed by atoms with Crippen molar-refractivity contribution >= 4 is 44.1 Å². The minimum Gasteiger partial charge on any atom is -0.382 e. The first-order valence-corrected chi connectivity index (χ1v) is 11.3. The zero-order valence-electron chi connectivity index (χ0n) is 17.0. The minimum atomic E-state index is -3.98. The van der Waals surface area contributed by atoms with Crippen molar-refractivity contribution in [1.29, 1.82) is 0 Å². The molecule has 3 aromatic heterocycles. The molecule has 158 valence electrons. The van der Waals surface area contributed by atoms with Crippen LogP contribution in [-0.4, -0.2) is 34.3 Å². The van der Waals surface area contributed by atoms with Gasteiger partial charge in [0.2, 0.25) is 9.84 Å². The van der Waals surface area contributed by atoms with Crippen molar-refractivity contribution in [2.24, 2.45) is 5.10 Å². The number of hydrogen-bond acceptors (Lipinski definition) is 7. The van der Waals surface area contributed by atoms with Gasteiger partial charge in [-0.25, -0.2) is 18.4 Å². The first kappa shape index (κ1) is 19.8. The van der Waals surface area contributed by atoms with Crippen molar-refractivity contribution in [2.45, 2.75) is 16.7 Å². The summed E-state index contributed by atoms with van der Waals surface area (Å²) in [6, 6.07) is 19.2. The Kier molecular flexibility index (Phi) is 4.67. The lowest BCUT2D eigenvalue weighted by Crippen LogP contribution is -2.06. The van der Waals surface area contributed by atoms with Crippen LogP contribution < -0.4 is 5.73 Å². The third kappa shape index (κ3) is 3.28. The fourth-order valence-electron chi connectivity index (χ4n) is 3.41. The minimum absolute atomic E-state index is 0.0666. The van der Waals surface area contributed by atoms with E-state index in [1.807, 2.05) is 25.1 Å². The molecule has 8 nitrogen and oxygen atoms in total. The molecule has 32 heavy (non-hydrogen) atoms. The molecular formula is C23H18N6O2S. The molecule has 0 atom stereocenters. The monoisotopic (exact) mass is 442 g/mol. The molecule has 0 aliphatic rings. The molecule has 0 unspecified atom stereocenters. The van der Waals surface area contributed by atoms with Crippen molar-refractivity contribution in [2.75, 3.05) is 5.73 Å². The van der Waals surface area contributed by atoms with E-state index in [4.69, 9.17) is 5.73 Å². The Hall–Kier alpha value is -4.11. The van der Waals surface area contributed by atoms with Crippen LogP contribution in [0.2, 0.25) is 0 Å². The first-order valence-electron chi connectivity index (χ1n) is 9.79. The van der Waals surface area contributed by atoms with Gasteiger partial charge in [0.25, 0.3) is 0 Å². The van der Waals surface area contributed by atoms with E-state index in [1.54, 1.807) is 54.7 Å². The lowest BCUT2D eigenvalue weighted by molar-refractivity contribution is 0.597. The van der Waals surface area contributed by atoms with Gasteiger partial charge in [0.1, 0.15) is 16.2 Å². The third-order valence-electron chi connectivity index (χ3n) is 5.02. The summed E-state index contributed by atoms with van der Waals surface area (Å²) in [6.07, 6.45) is 3.13. The van der Waals surface area contributed by atoms with Crippen molar-refractivity contribution < 1.29 is 8.42 Å². The van der Waals surface area contributed by atoms with Gasteiger partial charge in [-0.3, -0.25) is 4.98 Å². The van der Waals surface area contributed by atoms with Crippen LogP contribution in [0.3, 0.4) is 0 Å². The van der Waals surface area contributed by atoms with E-state index in [-0.39, 0.29) is 26.8 Å². The number of para-hydroxylation sites is 2. The summed E-state index contributed by atoms with van der Waals surface area (Å²) in [6.45, 7) is 1.89. The predicted octanol–water partition coefficient (Wildman–Crippen LogP) is 3.59. The molecule has 0 spiro atoms. The largest absolute Gasteiger partial charge is 0.382 e. The van der Waals surface area contributed by atoms with E-state index in [9.17, 15) is 8.42 Å². The second kappa shape index (κ2) is 7.54. The Bertz CT molecular complexity index is 1590. The number of aromatic nitrogens is 4. The molecule has 5 rings (SSSR count). The smallest absolute Gasteiger partial charge is 0.212 e. The third-order valence-corrected chi connectivity index (χ3v) is 6.85. The number of anilines is 1. The maximum absolute atomic E-state index is 13.6. The highest BCUT2D eigenvalue weighted by molar-refractivity contribution is 7.92. The number of aryl methyl sites for hydroxylation is 1. The average Bonchev–Trinajstić information content (AvgIpc) is 3.07.